The molecule has 1 aromatic carbocycles. The third-order valence-corrected chi connectivity index (χ3v) is 4.36. The minimum absolute atomic E-state index is 0.258. The lowest BCUT2D eigenvalue weighted by Crippen LogP contribution is -2.02. The molecule has 0 aliphatic heterocycles. The standard InChI is InChI=1S/C15H22O2S/c1-4-12(2)18-10-6-8-13-7-5-9-14(11-13)15(16)17-3/h5,7,9,11-12H,4,6,8,10H2,1-3H3. The summed E-state index contributed by atoms with van der Waals surface area (Å²) >= 11 is 2.02. The maximum atomic E-state index is 11.4. The Kier molecular flexibility index (Phi) is 6.88. The SMILES string of the molecule is CCC(C)SCCCc1cccc(C(=O)OC)c1. The van der Waals surface area contributed by atoms with Gasteiger partial charge in [-0.2, -0.15) is 11.8 Å². The second-order valence-electron chi connectivity index (χ2n) is 4.39. The minimum Gasteiger partial charge on any atom is -0.465 e. The second-order valence-corrected chi connectivity index (χ2v) is 5.93. The number of methoxy groups -OCH3 is 1. The van der Waals surface area contributed by atoms with Crippen molar-refractivity contribution >= 4 is 17.7 Å². The van der Waals surface area contributed by atoms with Gasteiger partial charge in [0.25, 0.3) is 0 Å². The van der Waals surface area contributed by atoms with Gasteiger partial charge in [-0.3, -0.25) is 0 Å². The Bertz CT molecular complexity index is 377. The average Bonchev–Trinajstić information content (AvgIpc) is 2.42. The number of ether oxygens (including phenoxy) is 1. The average molecular weight is 266 g/mol. The van der Waals surface area contributed by atoms with E-state index in [2.05, 4.69) is 19.9 Å². The smallest absolute Gasteiger partial charge is 0.337 e. The molecule has 0 amide bonds. The number of benzene rings is 1. The largest absolute Gasteiger partial charge is 0.465 e. The van der Waals surface area contributed by atoms with Crippen LogP contribution in [0.1, 0.15) is 42.6 Å². The summed E-state index contributed by atoms with van der Waals surface area (Å²) in [5, 5.41) is 0.742. The quantitative estimate of drug-likeness (QED) is 0.552. The molecule has 0 bridgehead atoms. The molecule has 0 aromatic heterocycles. The first-order valence-electron chi connectivity index (χ1n) is 6.46. The van der Waals surface area contributed by atoms with Crippen molar-refractivity contribution in [3.05, 3.63) is 35.4 Å². The topological polar surface area (TPSA) is 26.3 Å². The number of carbonyl (C=O) groups is 1. The highest BCUT2D eigenvalue weighted by Crippen LogP contribution is 2.16. The molecule has 1 aromatic rings. The lowest BCUT2D eigenvalue weighted by Gasteiger charge is -2.08. The first-order chi connectivity index (χ1) is 8.67. The molecule has 1 unspecified atom stereocenters. The van der Waals surface area contributed by atoms with Gasteiger partial charge < -0.3 is 4.74 Å². The fourth-order valence-corrected chi connectivity index (χ4v) is 2.60. The summed E-state index contributed by atoms with van der Waals surface area (Å²) in [4.78, 5) is 11.4. The molecule has 0 radical (unpaired) electrons. The van der Waals surface area contributed by atoms with Gasteiger partial charge in [0.15, 0.2) is 0 Å². The van der Waals surface area contributed by atoms with E-state index < -0.39 is 0 Å². The van der Waals surface area contributed by atoms with Gasteiger partial charge >= 0.3 is 5.97 Å². The summed E-state index contributed by atoms with van der Waals surface area (Å²) in [5.74, 6) is 0.920. The Morgan fingerprint density at radius 1 is 1.44 bits per heavy atom. The third kappa shape index (κ3) is 5.13. The highest BCUT2D eigenvalue weighted by Gasteiger charge is 2.05. The van der Waals surface area contributed by atoms with Gasteiger partial charge in [0.1, 0.15) is 0 Å². The number of carbonyl (C=O) groups excluding carboxylic acids is 1. The Balaban J connectivity index is 2.40. The maximum Gasteiger partial charge on any atom is 0.337 e. The van der Waals surface area contributed by atoms with Crippen molar-refractivity contribution in [2.24, 2.45) is 0 Å². The van der Waals surface area contributed by atoms with Crippen molar-refractivity contribution in [3.8, 4) is 0 Å². The van der Waals surface area contributed by atoms with Crippen LogP contribution in [-0.2, 0) is 11.2 Å². The van der Waals surface area contributed by atoms with E-state index in [-0.39, 0.29) is 5.97 Å². The third-order valence-electron chi connectivity index (χ3n) is 2.94. The molecule has 0 aliphatic rings. The molecule has 0 N–H and O–H groups in total. The summed E-state index contributed by atoms with van der Waals surface area (Å²) in [5.41, 5.74) is 1.85. The van der Waals surface area contributed by atoms with Crippen molar-refractivity contribution < 1.29 is 9.53 Å². The van der Waals surface area contributed by atoms with Crippen LogP contribution in [-0.4, -0.2) is 24.1 Å². The molecule has 0 fully saturated rings. The van der Waals surface area contributed by atoms with Crippen LogP contribution in [0.15, 0.2) is 24.3 Å². The van der Waals surface area contributed by atoms with Crippen molar-refractivity contribution in [2.45, 2.75) is 38.4 Å². The highest BCUT2D eigenvalue weighted by atomic mass is 32.2. The van der Waals surface area contributed by atoms with E-state index in [0.717, 1.165) is 18.1 Å². The van der Waals surface area contributed by atoms with E-state index in [9.17, 15) is 4.79 Å². The molecule has 1 atom stereocenters. The van der Waals surface area contributed by atoms with Gasteiger partial charge in [0.2, 0.25) is 0 Å². The van der Waals surface area contributed by atoms with Gasteiger partial charge in [0, 0.05) is 5.25 Å². The summed E-state index contributed by atoms with van der Waals surface area (Å²) < 4.78 is 4.72. The van der Waals surface area contributed by atoms with Crippen molar-refractivity contribution in [3.63, 3.8) is 0 Å². The van der Waals surface area contributed by atoms with Crippen LogP contribution < -0.4 is 0 Å². The Labute approximate surface area is 114 Å². The van der Waals surface area contributed by atoms with Crippen LogP contribution in [0.5, 0.6) is 0 Å². The predicted molar refractivity (Wildman–Crippen MR) is 78.3 cm³/mol. The zero-order chi connectivity index (χ0) is 13.4. The Morgan fingerprint density at radius 2 is 2.22 bits per heavy atom. The van der Waals surface area contributed by atoms with E-state index in [1.54, 1.807) is 6.07 Å². The Hall–Kier alpha value is -0.960. The Morgan fingerprint density at radius 3 is 2.89 bits per heavy atom. The summed E-state index contributed by atoms with van der Waals surface area (Å²) in [6.07, 6.45) is 3.40. The zero-order valence-electron chi connectivity index (χ0n) is 11.4. The van der Waals surface area contributed by atoms with Gasteiger partial charge in [0.05, 0.1) is 12.7 Å². The van der Waals surface area contributed by atoms with Crippen LogP contribution in [0.25, 0.3) is 0 Å². The van der Waals surface area contributed by atoms with Crippen LogP contribution >= 0.6 is 11.8 Å². The van der Waals surface area contributed by atoms with Gasteiger partial charge in [-0.15, -0.1) is 0 Å². The molecule has 2 nitrogen and oxygen atoms in total. The van der Waals surface area contributed by atoms with E-state index >= 15 is 0 Å². The molecule has 0 heterocycles. The van der Waals surface area contributed by atoms with Crippen LogP contribution in [0, 0.1) is 0 Å². The zero-order valence-corrected chi connectivity index (χ0v) is 12.3. The highest BCUT2D eigenvalue weighted by molar-refractivity contribution is 7.99. The molecular formula is C15H22O2S. The van der Waals surface area contributed by atoms with E-state index in [1.807, 2.05) is 23.9 Å². The van der Waals surface area contributed by atoms with Crippen molar-refractivity contribution in [1.29, 1.82) is 0 Å². The lowest BCUT2D eigenvalue weighted by atomic mass is 10.1. The fourth-order valence-electron chi connectivity index (χ4n) is 1.65. The fraction of sp³-hybridized carbons (Fsp3) is 0.533. The maximum absolute atomic E-state index is 11.4. The number of hydrogen-bond donors (Lipinski definition) is 0. The number of esters is 1. The molecule has 3 heteroatoms. The first-order valence-corrected chi connectivity index (χ1v) is 7.51. The predicted octanol–water partition coefficient (Wildman–Crippen LogP) is 3.94. The molecule has 100 valence electrons. The second kappa shape index (κ2) is 8.20. The molecule has 0 aliphatic carbocycles. The monoisotopic (exact) mass is 266 g/mol. The van der Waals surface area contributed by atoms with E-state index in [4.69, 9.17) is 4.74 Å². The van der Waals surface area contributed by atoms with E-state index in [1.165, 1.54) is 24.8 Å². The summed E-state index contributed by atoms with van der Waals surface area (Å²) in [7, 11) is 1.41. The normalized spacial score (nSPS) is 12.2. The number of rotatable bonds is 7. The summed E-state index contributed by atoms with van der Waals surface area (Å²) in [6.45, 7) is 4.49. The molecule has 1 rings (SSSR count). The van der Waals surface area contributed by atoms with Gasteiger partial charge in [-0.1, -0.05) is 26.0 Å². The molecule has 0 saturated carbocycles. The van der Waals surface area contributed by atoms with Crippen molar-refractivity contribution in [1.82, 2.24) is 0 Å². The van der Waals surface area contributed by atoms with Crippen molar-refractivity contribution in [2.75, 3.05) is 12.9 Å². The lowest BCUT2D eigenvalue weighted by molar-refractivity contribution is 0.0600. The van der Waals surface area contributed by atoms with Crippen LogP contribution in [0.3, 0.4) is 0 Å². The molecule has 0 saturated heterocycles. The molecular weight excluding hydrogens is 244 g/mol. The van der Waals surface area contributed by atoms with Gasteiger partial charge in [-0.25, -0.2) is 4.79 Å². The molecule has 18 heavy (non-hydrogen) atoms. The first kappa shape index (κ1) is 15.1. The number of thioether (sulfide) groups is 1. The molecule has 0 spiro atoms. The minimum atomic E-state index is -0.258. The number of hydrogen-bond acceptors (Lipinski definition) is 3. The number of aryl methyl sites for hydroxylation is 1. The van der Waals surface area contributed by atoms with Gasteiger partial charge in [-0.05, 0) is 42.7 Å². The summed E-state index contributed by atoms with van der Waals surface area (Å²) in [6, 6.07) is 7.72. The van der Waals surface area contributed by atoms with Crippen LogP contribution in [0.2, 0.25) is 0 Å². The van der Waals surface area contributed by atoms with Crippen LogP contribution in [0.4, 0.5) is 0 Å². The van der Waals surface area contributed by atoms with E-state index in [0.29, 0.717) is 5.56 Å².